The Balaban J connectivity index is 1.96. The number of hydrogen-bond acceptors (Lipinski definition) is 2. The van der Waals surface area contributed by atoms with E-state index >= 15 is 0 Å². The van der Waals surface area contributed by atoms with Gasteiger partial charge in [0.05, 0.1) is 11.2 Å². The molecular formula is C13H16FNO2. The normalized spacial score (nSPS) is 18.5. The first-order valence-electron chi connectivity index (χ1n) is 5.76. The summed E-state index contributed by atoms with van der Waals surface area (Å²) < 4.78 is 13.3. The van der Waals surface area contributed by atoms with E-state index < -0.39 is 17.3 Å². The fourth-order valence-corrected chi connectivity index (χ4v) is 1.85. The molecule has 1 saturated carbocycles. The molecule has 0 aromatic heterocycles. The Morgan fingerprint density at radius 3 is 2.76 bits per heavy atom. The molecule has 1 amide bonds. The van der Waals surface area contributed by atoms with Crippen molar-refractivity contribution in [2.45, 2.75) is 25.4 Å². The molecule has 2 rings (SSSR count). The van der Waals surface area contributed by atoms with Crippen LogP contribution in [0.2, 0.25) is 0 Å². The van der Waals surface area contributed by atoms with E-state index in [1.165, 1.54) is 18.2 Å². The SMILES string of the molecule is CC(O)(CNC(=O)c1ccccc1F)C1CC1. The lowest BCUT2D eigenvalue weighted by molar-refractivity contribution is 0.0353. The second-order valence-electron chi connectivity index (χ2n) is 4.79. The Morgan fingerprint density at radius 1 is 1.53 bits per heavy atom. The molecule has 0 aliphatic heterocycles. The van der Waals surface area contributed by atoms with Crippen LogP contribution in [0.25, 0.3) is 0 Å². The van der Waals surface area contributed by atoms with Crippen molar-refractivity contribution < 1.29 is 14.3 Å². The van der Waals surface area contributed by atoms with Crippen LogP contribution in [0, 0.1) is 11.7 Å². The van der Waals surface area contributed by atoms with Gasteiger partial charge in [-0.15, -0.1) is 0 Å². The van der Waals surface area contributed by atoms with E-state index in [9.17, 15) is 14.3 Å². The number of nitrogens with one attached hydrogen (secondary N) is 1. The van der Waals surface area contributed by atoms with E-state index in [-0.39, 0.29) is 18.0 Å². The summed E-state index contributed by atoms with van der Waals surface area (Å²) in [5, 5.41) is 12.6. The zero-order chi connectivity index (χ0) is 12.5. The maximum Gasteiger partial charge on any atom is 0.254 e. The van der Waals surface area contributed by atoms with Crippen LogP contribution in [0.5, 0.6) is 0 Å². The van der Waals surface area contributed by atoms with Crippen LogP contribution >= 0.6 is 0 Å². The van der Waals surface area contributed by atoms with Gasteiger partial charge in [0, 0.05) is 6.54 Å². The van der Waals surface area contributed by atoms with Crippen LogP contribution in [0.4, 0.5) is 4.39 Å². The zero-order valence-corrected chi connectivity index (χ0v) is 9.74. The molecule has 1 aromatic carbocycles. The minimum absolute atomic E-state index is 0.0131. The molecule has 1 aromatic rings. The molecule has 3 nitrogen and oxygen atoms in total. The molecule has 92 valence electrons. The van der Waals surface area contributed by atoms with Crippen molar-refractivity contribution in [3.8, 4) is 0 Å². The van der Waals surface area contributed by atoms with Crippen LogP contribution in [0.3, 0.4) is 0 Å². The second-order valence-corrected chi connectivity index (χ2v) is 4.79. The third-order valence-electron chi connectivity index (χ3n) is 3.18. The van der Waals surface area contributed by atoms with Crippen molar-refractivity contribution in [1.82, 2.24) is 5.32 Å². The van der Waals surface area contributed by atoms with Gasteiger partial charge in [-0.3, -0.25) is 4.79 Å². The predicted molar refractivity (Wildman–Crippen MR) is 62.1 cm³/mol. The van der Waals surface area contributed by atoms with Gasteiger partial charge in [-0.05, 0) is 37.8 Å². The molecule has 1 fully saturated rings. The van der Waals surface area contributed by atoms with Crippen LogP contribution in [0.1, 0.15) is 30.1 Å². The van der Waals surface area contributed by atoms with Crippen LogP contribution in [0.15, 0.2) is 24.3 Å². The van der Waals surface area contributed by atoms with Crippen molar-refractivity contribution in [2.75, 3.05) is 6.54 Å². The standard InChI is InChI=1S/C13H16FNO2/c1-13(17,9-6-7-9)8-15-12(16)10-4-2-3-5-11(10)14/h2-5,9,17H,6-8H2,1H3,(H,15,16). The average molecular weight is 237 g/mol. The lowest BCUT2D eigenvalue weighted by Crippen LogP contribution is -2.42. The molecule has 0 heterocycles. The fourth-order valence-electron chi connectivity index (χ4n) is 1.85. The van der Waals surface area contributed by atoms with Crippen LogP contribution in [-0.4, -0.2) is 23.2 Å². The number of halogens is 1. The molecule has 0 saturated heterocycles. The molecule has 4 heteroatoms. The average Bonchev–Trinajstić information content (AvgIpc) is 3.11. The highest BCUT2D eigenvalue weighted by Gasteiger charge is 2.40. The topological polar surface area (TPSA) is 49.3 Å². The fraction of sp³-hybridized carbons (Fsp3) is 0.462. The van der Waals surface area contributed by atoms with Crippen molar-refractivity contribution >= 4 is 5.91 Å². The predicted octanol–water partition coefficient (Wildman–Crippen LogP) is 1.72. The van der Waals surface area contributed by atoms with E-state index in [0.717, 1.165) is 12.8 Å². The molecule has 17 heavy (non-hydrogen) atoms. The largest absolute Gasteiger partial charge is 0.388 e. The van der Waals surface area contributed by atoms with Crippen molar-refractivity contribution in [2.24, 2.45) is 5.92 Å². The van der Waals surface area contributed by atoms with Gasteiger partial charge in [0.15, 0.2) is 0 Å². The van der Waals surface area contributed by atoms with E-state index in [2.05, 4.69) is 5.32 Å². The number of amides is 1. The quantitative estimate of drug-likeness (QED) is 0.837. The van der Waals surface area contributed by atoms with E-state index in [0.29, 0.717) is 0 Å². The van der Waals surface area contributed by atoms with Crippen molar-refractivity contribution in [1.29, 1.82) is 0 Å². The molecule has 2 N–H and O–H groups in total. The van der Waals surface area contributed by atoms with Crippen LogP contribution < -0.4 is 5.32 Å². The Morgan fingerprint density at radius 2 is 2.18 bits per heavy atom. The Hall–Kier alpha value is -1.42. The third kappa shape index (κ3) is 2.82. The number of carbonyl (C=O) groups excluding carboxylic acids is 1. The lowest BCUT2D eigenvalue weighted by atomic mass is 10.0. The Bertz CT molecular complexity index is 427. The Kier molecular flexibility index (Phi) is 3.15. The number of aliphatic hydroxyl groups is 1. The molecule has 1 atom stereocenters. The zero-order valence-electron chi connectivity index (χ0n) is 9.74. The molecule has 1 aliphatic carbocycles. The number of carbonyl (C=O) groups is 1. The van der Waals surface area contributed by atoms with Gasteiger partial charge in [-0.2, -0.15) is 0 Å². The van der Waals surface area contributed by atoms with Crippen molar-refractivity contribution in [3.05, 3.63) is 35.6 Å². The Labute approximate surface area is 99.7 Å². The van der Waals surface area contributed by atoms with Gasteiger partial charge in [-0.25, -0.2) is 4.39 Å². The summed E-state index contributed by atoms with van der Waals surface area (Å²) in [6.07, 6.45) is 1.98. The maximum absolute atomic E-state index is 13.3. The first-order chi connectivity index (χ1) is 8.00. The number of rotatable bonds is 4. The minimum Gasteiger partial charge on any atom is -0.388 e. The van der Waals surface area contributed by atoms with E-state index in [1.807, 2.05) is 0 Å². The number of benzene rings is 1. The summed E-state index contributed by atoms with van der Waals surface area (Å²) >= 11 is 0. The second kappa shape index (κ2) is 4.45. The summed E-state index contributed by atoms with van der Waals surface area (Å²) in [6, 6.07) is 5.81. The highest BCUT2D eigenvalue weighted by Crippen LogP contribution is 2.39. The summed E-state index contributed by atoms with van der Waals surface area (Å²) in [6.45, 7) is 1.86. The molecular weight excluding hydrogens is 221 g/mol. The van der Waals surface area contributed by atoms with Gasteiger partial charge in [0.25, 0.3) is 5.91 Å². The van der Waals surface area contributed by atoms with Gasteiger partial charge < -0.3 is 10.4 Å². The number of hydrogen-bond donors (Lipinski definition) is 2. The molecule has 1 unspecified atom stereocenters. The van der Waals surface area contributed by atoms with Crippen molar-refractivity contribution in [3.63, 3.8) is 0 Å². The molecule has 1 aliphatic rings. The van der Waals surface area contributed by atoms with Gasteiger partial charge in [-0.1, -0.05) is 12.1 Å². The third-order valence-corrected chi connectivity index (χ3v) is 3.18. The summed E-state index contributed by atoms with van der Waals surface area (Å²) in [4.78, 5) is 11.7. The highest BCUT2D eigenvalue weighted by molar-refractivity contribution is 5.94. The van der Waals surface area contributed by atoms with E-state index in [4.69, 9.17) is 0 Å². The summed E-state index contributed by atoms with van der Waals surface area (Å²) in [7, 11) is 0. The van der Waals surface area contributed by atoms with E-state index in [1.54, 1.807) is 13.0 Å². The smallest absolute Gasteiger partial charge is 0.254 e. The van der Waals surface area contributed by atoms with Gasteiger partial charge >= 0.3 is 0 Å². The van der Waals surface area contributed by atoms with Crippen LogP contribution in [-0.2, 0) is 0 Å². The first kappa shape index (κ1) is 12.0. The molecule has 0 spiro atoms. The van der Waals surface area contributed by atoms with Gasteiger partial charge in [0.2, 0.25) is 0 Å². The first-order valence-corrected chi connectivity index (χ1v) is 5.76. The summed E-state index contributed by atoms with van der Waals surface area (Å²) in [5.41, 5.74) is -0.875. The maximum atomic E-state index is 13.3. The molecule has 0 radical (unpaired) electrons. The lowest BCUT2D eigenvalue weighted by Gasteiger charge is -2.23. The molecule has 0 bridgehead atoms. The highest BCUT2D eigenvalue weighted by atomic mass is 19.1. The monoisotopic (exact) mass is 237 g/mol. The minimum atomic E-state index is -0.888. The summed E-state index contributed by atoms with van der Waals surface area (Å²) in [5.74, 6) is -0.775. The van der Waals surface area contributed by atoms with Gasteiger partial charge in [0.1, 0.15) is 5.82 Å².